The lowest BCUT2D eigenvalue weighted by molar-refractivity contribution is -0.123. The van der Waals surface area contributed by atoms with Crippen LogP contribution >= 0.6 is 0 Å². The maximum absolute atomic E-state index is 11.1. The van der Waals surface area contributed by atoms with Crippen molar-refractivity contribution in [3.8, 4) is 0 Å². The first-order chi connectivity index (χ1) is 9.15. The zero-order chi connectivity index (χ0) is 13.7. The van der Waals surface area contributed by atoms with Crippen molar-refractivity contribution < 1.29 is 4.79 Å². The maximum atomic E-state index is 11.1. The van der Waals surface area contributed by atoms with Gasteiger partial charge in [0.1, 0.15) is 0 Å². The monoisotopic (exact) mass is 261 g/mol. The van der Waals surface area contributed by atoms with Crippen LogP contribution < -0.4 is 21.6 Å². The van der Waals surface area contributed by atoms with Gasteiger partial charge in [-0.2, -0.15) is 5.10 Å². The molecular weight excluding hydrogens is 242 g/mol. The fourth-order valence-electron chi connectivity index (χ4n) is 1.70. The fraction of sp³-hybridized carbons (Fsp3) is 0.385. The highest BCUT2D eigenvalue weighted by Gasteiger charge is 2.14. The number of carbonyl (C=O) groups excluding carboxylic acids is 1. The summed E-state index contributed by atoms with van der Waals surface area (Å²) in [5.74, 6) is 0.449. The van der Waals surface area contributed by atoms with Crippen LogP contribution in [0.1, 0.15) is 30.9 Å². The van der Waals surface area contributed by atoms with E-state index in [1.54, 1.807) is 6.21 Å². The Morgan fingerprint density at radius 2 is 2.11 bits per heavy atom. The summed E-state index contributed by atoms with van der Waals surface area (Å²) in [5, 5.41) is 6.77. The molecule has 0 aliphatic carbocycles. The predicted molar refractivity (Wildman–Crippen MR) is 74.3 cm³/mol. The van der Waals surface area contributed by atoms with Crippen LogP contribution in [0.3, 0.4) is 0 Å². The molecule has 1 atom stereocenters. The summed E-state index contributed by atoms with van der Waals surface area (Å²) in [6, 6.07) is 8.22. The first-order valence-corrected chi connectivity index (χ1v) is 6.31. The normalized spacial score (nSPS) is 19.7. The molecule has 0 bridgehead atoms. The van der Waals surface area contributed by atoms with Crippen LogP contribution in [0.15, 0.2) is 29.4 Å². The minimum atomic E-state index is -0.396. The van der Waals surface area contributed by atoms with Crippen molar-refractivity contribution in [3.63, 3.8) is 0 Å². The van der Waals surface area contributed by atoms with Gasteiger partial charge >= 0.3 is 0 Å². The molecule has 1 aliphatic rings. The van der Waals surface area contributed by atoms with Crippen molar-refractivity contribution in [1.29, 1.82) is 0 Å². The molecule has 0 radical (unpaired) electrons. The standard InChI is InChI=1S/C13H19N5O/c1-9(2)11-5-3-10(4-6-11)7-14-17-13-16-12(19)8-15-18-13/h3-7,9,13,15,17-18H,8H2,1-2H3,(H,16,19)/b14-7+. The van der Waals surface area contributed by atoms with E-state index < -0.39 is 6.29 Å². The Kier molecular flexibility index (Phi) is 4.48. The number of hydrogen-bond donors (Lipinski definition) is 4. The number of hydrazone groups is 1. The number of nitrogens with one attached hydrogen (secondary N) is 4. The lowest BCUT2D eigenvalue weighted by Gasteiger charge is -2.24. The van der Waals surface area contributed by atoms with E-state index in [0.717, 1.165) is 5.56 Å². The van der Waals surface area contributed by atoms with E-state index in [4.69, 9.17) is 0 Å². The number of hydrazine groups is 1. The third-order valence-corrected chi connectivity index (χ3v) is 2.82. The van der Waals surface area contributed by atoms with Crippen molar-refractivity contribution in [2.45, 2.75) is 26.1 Å². The topological polar surface area (TPSA) is 77.6 Å². The van der Waals surface area contributed by atoms with Crippen LogP contribution in [-0.2, 0) is 4.79 Å². The zero-order valence-electron chi connectivity index (χ0n) is 11.1. The molecule has 19 heavy (non-hydrogen) atoms. The van der Waals surface area contributed by atoms with Crippen molar-refractivity contribution in [3.05, 3.63) is 35.4 Å². The van der Waals surface area contributed by atoms with Gasteiger partial charge in [0, 0.05) is 0 Å². The molecule has 2 rings (SSSR count). The maximum Gasteiger partial charge on any atom is 0.238 e. The van der Waals surface area contributed by atoms with E-state index in [0.29, 0.717) is 5.92 Å². The summed E-state index contributed by atoms with van der Waals surface area (Å²) in [7, 11) is 0. The van der Waals surface area contributed by atoms with Gasteiger partial charge in [-0.25, -0.2) is 10.9 Å². The molecule has 1 fully saturated rings. The van der Waals surface area contributed by atoms with Gasteiger partial charge in [-0.1, -0.05) is 38.1 Å². The molecule has 1 saturated heterocycles. The smallest absolute Gasteiger partial charge is 0.238 e. The third kappa shape index (κ3) is 4.04. The Labute approximate surface area is 112 Å². The van der Waals surface area contributed by atoms with E-state index >= 15 is 0 Å². The van der Waals surface area contributed by atoms with Gasteiger partial charge in [0.2, 0.25) is 5.91 Å². The van der Waals surface area contributed by atoms with Crippen molar-refractivity contribution >= 4 is 12.1 Å². The molecule has 6 nitrogen and oxygen atoms in total. The van der Waals surface area contributed by atoms with Crippen LogP contribution in [0.4, 0.5) is 0 Å². The van der Waals surface area contributed by atoms with E-state index in [2.05, 4.69) is 52.7 Å². The average Bonchev–Trinajstić information content (AvgIpc) is 2.39. The molecule has 1 amide bonds. The summed E-state index contributed by atoms with van der Waals surface area (Å²) >= 11 is 0. The Balaban J connectivity index is 1.86. The van der Waals surface area contributed by atoms with Crippen LogP contribution in [0.25, 0.3) is 0 Å². The van der Waals surface area contributed by atoms with Crippen LogP contribution in [0.2, 0.25) is 0 Å². The highest BCUT2D eigenvalue weighted by Crippen LogP contribution is 2.13. The van der Waals surface area contributed by atoms with E-state index in [-0.39, 0.29) is 12.5 Å². The van der Waals surface area contributed by atoms with E-state index in [1.807, 2.05) is 12.1 Å². The molecule has 1 unspecified atom stereocenters. The Morgan fingerprint density at radius 1 is 1.37 bits per heavy atom. The molecule has 1 aromatic carbocycles. The SMILES string of the molecule is CC(C)c1ccc(/C=N/NC2NNCC(=O)N2)cc1. The van der Waals surface area contributed by atoms with Crippen LogP contribution in [-0.4, -0.2) is 25.0 Å². The van der Waals surface area contributed by atoms with Gasteiger partial charge in [0.25, 0.3) is 0 Å². The fourth-order valence-corrected chi connectivity index (χ4v) is 1.70. The molecule has 1 aliphatic heterocycles. The molecule has 102 valence electrons. The lowest BCUT2D eigenvalue weighted by atomic mass is 10.0. The second kappa shape index (κ2) is 6.31. The molecule has 4 N–H and O–H groups in total. The van der Waals surface area contributed by atoms with Crippen molar-refractivity contribution in [2.24, 2.45) is 5.10 Å². The summed E-state index contributed by atoms with van der Waals surface area (Å²) < 4.78 is 0. The van der Waals surface area contributed by atoms with Crippen molar-refractivity contribution in [1.82, 2.24) is 21.6 Å². The van der Waals surface area contributed by atoms with Crippen LogP contribution in [0.5, 0.6) is 0 Å². The van der Waals surface area contributed by atoms with Gasteiger partial charge in [0.05, 0.1) is 12.8 Å². The largest absolute Gasteiger partial charge is 0.320 e. The molecule has 6 heteroatoms. The second-order valence-electron chi connectivity index (χ2n) is 4.71. The van der Waals surface area contributed by atoms with Gasteiger partial charge < -0.3 is 5.32 Å². The first kappa shape index (κ1) is 13.5. The van der Waals surface area contributed by atoms with Crippen LogP contribution in [0, 0.1) is 0 Å². The molecule has 1 heterocycles. The minimum absolute atomic E-state index is 0.0762. The number of hydrogen-bond acceptors (Lipinski definition) is 5. The van der Waals surface area contributed by atoms with Gasteiger partial charge in [-0.15, -0.1) is 0 Å². The quantitative estimate of drug-likeness (QED) is 0.462. The van der Waals surface area contributed by atoms with Gasteiger partial charge in [-0.05, 0) is 17.0 Å². The number of benzene rings is 1. The zero-order valence-corrected chi connectivity index (χ0v) is 11.1. The number of nitrogens with zero attached hydrogens (tertiary/aromatic N) is 1. The molecule has 1 aromatic rings. The average molecular weight is 261 g/mol. The molecule has 0 spiro atoms. The molecule has 0 saturated carbocycles. The second-order valence-corrected chi connectivity index (χ2v) is 4.71. The first-order valence-electron chi connectivity index (χ1n) is 6.31. The summed E-state index contributed by atoms with van der Waals surface area (Å²) in [6.45, 7) is 4.59. The summed E-state index contributed by atoms with van der Waals surface area (Å²) in [5.41, 5.74) is 10.7. The molecule has 0 aromatic heterocycles. The Bertz CT molecular complexity index is 455. The Hall–Kier alpha value is -1.92. The van der Waals surface area contributed by atoms with Crippen molar-refractivity contribution in [2.75, 3.05) is 6.54 Å². The van der Waals surface area contributed by atoms with E-state index in [1.165, 1.54) is 5.56 Å². The summed E-state index contributed by atoms with van der Waals surface area (Å²) in [6.07, 6.45) is 1.32. The van der Waals surface area contributed by atoms with E-state index in [9.17, 15) is 4.79 Å². The number of carbonyl (C=O) groups is 1. The highest BCUT2D eigenvalue weighted by atomic mass is 16.2. The highest BCUT2D eigenvalue weighted by molar-refractivity contribution is 5.80. The Morgan fingerprint density at radius 3 is 2.74 bits per heavy atom. The minimum Gasteiger partial charge on any atom is -0.320 e. The van der Waals surface area contributed by atoms with Gasteiger partial charge in [-0.3, -0.25) is 10.2 Å². The number of amides is 1. The third-order valence-electron chi connectivity index (χ3n) is 2.82. The number of rotatable bonds is 4. The summed E-state index contributed by atoms with van der Waals surface area (Å²) in [4.78, 5) is 11.1. The predicted octanol–water partition coefficient (Wildman–Crippen LogP) is 0.241. The molecular formula is C13H19N5O. The lowest BCUT2D eigenvalue weighted by Crippen LogP contribution is -2.64. The van der Waals surface area contributed by atoms with Gasteiger partial charge in [0.15, 0.2) is 6.29 Å².